The molecule has 0 amide bonds. The second-order valence-electron chi connectivity index (χ2n) is 5.03. The van der Waals surface area contributed by atoms with E-state index in [1.807, 2.05) is 28.9 Å². The molecule has 100 valence electrons. The average Bonchev–Trinajstić information content (AvgIpc) is 3.02. The molecule has 0 saturated heterocycles. The van der Waals surface area contributed by atoms with Gasteiger partial charge >= 0.3 is 0 Å². The van der Waals surface area contributed by atoms with Crippen LogP contribution in [0.3, 0.4) is 0 Å². The number of aromatic nitrogens is 2. The van der Waals surface area contributed by atoms with E-state index in [-0.39, 0.29) is 0 Å². The van der Waals surface area contributed by atoms with E-state index < -0.39 is 0 Å². The first-order chi connectivity index (χ1) is 9.31. The minimum Gasteiger partial charge on any atom is -0.311 e. The Balaban J connectivity index is 1.53. The fourth-order valence-electron chi connectivity index (χ4n) is 2.53. The molecule has 2 aromatic rings. The standard InChI is InChI=1S/C15H18ClN3/c16-13-5-6-15-18-14(11-19(15)10-13)9-17-8-7-12-3-1-2-4-12/h3,5-6,10-11,17H,1-2,4,7-9H2. The van der Waals surface area contributed by atoms with Gasteiger partial charge in [-0.25, -0.2) is 4.98 Å². The van der Waals surface area contributed by atoms with Crippen molar-refractivity contribution in [1.82, 2.24) is 14.7 Å². The molecule has 3 nitrogen and oxygen atoms in total. The first-order valence-corrected chi connectivity index (χ1v) is 7.21. The van der Waals surface area contributed by atoms with Crippen molar-refractivity contribution in [1.29, 1.82) is 0 Å². The van der Waals surface area contributed by atoms with Crippen molar-refractivity contribution < 1.29 is 0 Å². The Kier molecular flexibility index (Phi) is 3.85. The second-order valence-corrected chi connectivity index (χ2v) is 5.46. The lowest BCUT2D eigenvalue weighted by molar-refractivity contribution is 0.667. The third-order valence-electron chi connectivity index (χ3n) is 3.53. The Morgan fingerprint density at radius 3 is 3.11 bits per heavy atom. The number of allylic oxidation sites excluding steroid dienone is 1. The highest BCUT2D eigenvalue weighted by molar-refractivity contribution is 6.30. The van der Waals surface area contributed by atoms with Gasteiger partial charge in [-0.15, -0.1) is 0 Å². The Hall–Kier alpha value is -1.32. The largest absolute Gasteiger partial charge is 0.311 e. The summed E-state index contributed by atoms with van der Waals surface area (Å²) in [5, 5.41) is 4.19. The van der Waals surface area contributed by atoms with Crippen LogP contribution in [0, 0.1) is 0 Å². The fourth-order valence-corrected chi connectivity index (χ4v) is 2.70. The molecule has 2 heterocycles. The summed E-state index contributed by atoms with van der Waals surface area (Å²) < 4.78 is 1.97. The first kappa shape index (κ1) is 12.7. The molecule has 0 bridgehead atoms. The summed E-state index contributed by atoms with van der Waals surface area (Å²) in [5.41, 5.74) is 3.61. The van der Waals surface area contributed by atoms with Gasteiger partial charge in [-0.2, -0.15) is 0 Å². The van der Waals surface area contributed by atoms with Crippen LogP contribution in [0.1, 0.15) is 31.4 Å². The van der Waals surface area contributed by atoms with Gasteiger partial charge in [0, 0.05) is 18.9 Å². The number of rotatable bonds is 5. The highest BCUT2D eigenvalue weighted by Crippen LogP contribution is 2.19. The smallest absolute Gasteiger partial charge is 0.137 e. The van der Waals surface area contributed by atoms with Gasteiger partial charge in [0.15, 0.2) is 0 Å². The molecule has 4 heteroatoms. The van der Waals surface area contributed by atoms with Crippen molar-refractivity contribution in [3.63, 3.8) is 0 Å². The van der Waals surface area contributed by atoms with Crippen molar-refractivity contribution in [3.05, 3.63) is 46.9 Å². The van der Waals surface area contributed by atoms with Crippen LogP contribution in [0.5, 0.6) is 0 Å². The SMILES string of the molecule is Clc1ccc2nc(CNCCC3=CCCC3)cn2c1. The highest BCUT2D eigenvalue weighted by atomic mass is 35.5. The first-order valence-electron chi connectivity index (χ1n) is 6.83. The molecule has 1 aliphatic carbocycles. The van der Waals surface area contributed by atoms with E-state index in [9.17, 15) is 0 Å². The summed E-state index contributed by atoms with van der Waals surface area (Å²) in [5.74, 6) is 0. The lowest BCUT2D eigenvalue weighted by Gasteiger charge is -2.03. The predicted octanol–water partition coefficient (Wildman–Crippen LogP) is 3.58. The number of fused-ring (bicyclic) bond motifs is 1. The fraction of sp³-hybridized carbons (Fsp3) is 0.400. The van der Waals surface area contributed by atoms with E-state index in [4.69, 9.17) is 11.6 Å². The maximum absolute atomic E-state index is 5.96. The van der Waals surface area contributed by atoms with Gasteiger partial charge in [0.1, 0.15) is 5.65 Å². The molecule has 2 aromatic heterocycles. The van der Waals surface area contributed by atoms with Crippen LogP contribution in [0.15, 0.2) is 36.2 Å². The van der Waals surface area contributed by atoms with Crippen molar-refractivity contribution in [2.45, 2.75) is 32.2 Å². The molecule has 1 N–H and O–H groups in total. The number of imidazole rings is 1. The molecule has 0 aromatic carbocycles. The van der Waals surface area contributed by atoms with Crippen LogP contribution in [0.4, 0.5) is 0 Å². The Morgan fingerprint density at radius 2 is 2.26 bits per heavy atom. The summed E-state index contributed by atoms with van der Waals surface area (Å²) in [6, 6.07) is 3.81. The quantitative estimate of drug-likeness (QED) is 0.668. The van der Waals surface area contributed by atoms with Gasteiger partial charge < -0.3 is 9.72 Å². The summed E-state index contributed by atoms with van der Waals surface area (Å²) in [6.07, 6.45) is 11.4. The lowest BCUT2D eigenvalue weighted by atomic mass is 10.2. The number of hydrogen-bond donors (Lipinski definition) is 1. The molecular weight excluding hydrogens is 258 g/mol. The van der Waals surface area contributed by atoms with Crippen LogP contribution >= 0.6 is 11.6 Å². The molecule has 3 rings (SSSR count). The Bertz CT molecular complexity index is 600. The molecule has 19 heavy (non-hydrogen) atoms. The molecule has 0 saturated carbocycles. The maximum Gasteiger partial charge on any atom is 0.137 e. The summed E-state index contributed by atoms with van der Waals surface area (Å²) in [6.45, 7) is 1.84. The van der Waals surface area contributed by atoms with E-state index in [0.29, 0.717) is 0 Å². The van der Waals surface area contributed by atoms with E-state index in [2.05, 4.69) is 16.4 Å². The molecule has 1 aliphatic rings. The van der Waals surface area contributed by atoms with E-state index in [0.717, 1.165) is 29.5 Å². The minimum absolute atomic E-state index is 0.734. The van der Waals surface area contributed by atoms with Crippen molar-refractivity contribution in [2.24, 2.45) is 0 Å². The molecule has 0 fully saturated rings. The highest BCUT2D eigenvalue weighted by Gasteiger charge is 2.04. The zero-order valence-corrected chi connectivity index (χ0v) is 11.7. The van der Waals surface area contributed by atoms with E-state index in [1.165, 1.54) is 25.7 Å². The predicted molar refractivity (Wildman–Crippen MR) is 78.5 cm³/mol. The van der Waals surface area contributed by atoms with Crippen LogP contribution in [0.2, 0.25) is 5.02 Å². The number of nitrogens with one attached hydrogen (secondary N) is 1. The third-order valence-corrected chi connectivity index (χ3v) is 3.75. The number of hydrogen-bond acceptors (Lipinski definition) is 2. The Morgan fingerprint density at radius 1 is 1.32 bits per heavy atom. The third kappa shape index (κ3) is 3.17. The van der Waals surface area contributed by atoms with Gasteiger partial charge in [-0.1, -0.05) is 23.3 Å². The topological polar surface area (TPSA) is 29.3 Å². The van der Waals surface area contributed by atoms with Crippen LogP contribution in [0.25, 0.3) is 5.65 Å². The summed E-state index contributed by atoms with van der Waals surface area (Å²) in [4.78, 5) is 4.55. The minimum atomic E-state index is 0.734. The molecule has 0 atom stereocenters. The zero-order valence-electron chi connectivity index (χ0n) is 10.9. The van der Waals surface area contributed by atoms with Crippen LogP contribution < -0.4 is 5.32 Å². The average molecular weight is 276 g/mol. The van der Waals surface area contributed by atoms with Crippen molar-refractivity contribution >= 4 is 17.2 Å². The molecule has 0 radical (unpaired) electrons. The number of pyridine rings is 1. The van der Waals surface area contributed by atoms with Gasteiger partial charge in [-0.3, -0.25) is 0 Å². The lowest BCUT2D eigenvalue weighted by Crippen LogP contribution is -2.15. The van der Waals surface area contributed by atoms with Crippen molar-refractivity contribution in [2.75, 3.05) is 6.54 Å². The van der Waals surface area contributed by atoms with Crippen molar-refractivity contribution in [3.8, 4) is 0 Å². The van der Waals surface area contributed by atoms with Gasteiger partial charge in [0.25, 0.3) is 0 Å². The van der Waals surface area contributed by atoms with E-state index in [1.54, 1.807) is 5.57 Å². The summed E-state index contributed by atoms with van der Waals surface area (Å²) in [7, 11) is 0. The van der Waals surface area contributed by atoms with E-state index >= 15 is 0 Å². The molecular formula is C15H18ClN3. The number of nitrogens with zero attached hydrogens (tertiary/aromatic N) is 2. The second kappa shape index (κ2) is 5.76. The normalized spacial score (nSPS) is 15.1. The van der Waals surface area contributed by atoms with Gasteiger partial charge in [-0.05, 0) is 44.4 Å². The molecule has 0 spiro atoms. The van der Waals surface area contributed by atoms with Gasteiger partial charge in [0.05, 0.1) is 10.7 Å². The van der Waals surface area contributed by atoms with Crippen LogP contribution in [-0.2, 0) is 6.54 Å². The maximum atomic E-state index is 5.96. The Labute approximate surface area is 118 Å². The molecule has 0 unspecified atom stereocenters. The van der Waals surface area contributed by atoms with Crippen LogP contribution in [-0.4, -0.2) is 15.9 Å². The monoisotopic (exact) mass is 275 g/mol. The number of halogens is 1. The molecule has 0 aliphatic heterocycles. The van der Waals surface area contributed by atoms with Gasteiger partial charge in [0.2, 0.25) is 0 Å². The zero-order chi connectivity index (χ0) is 13.1. The summed E-state index contributed by atoms with van der Waals surface area (Å²) >= 11 is 5.96.